The average Bonchev–Trinajstić information content (AvgIpc) is 2.22. The van der Waals surface area contributed by atoms with Gasteiger partial charge in [-0.2, -0.15) is 0 Å². The van der Waals surface area contributed by atoms with Crippen molar-refractivity contribution in [3.63, 3.8) is 0 Å². The van der Waals surface area contributed by atoms with E-state index >= 15 is 0 Å². The first-order valence-corrected chi connectivity index (χ1v) is 5.72. The van der Waals surface area contributed by atoms with Gasteiger partial charge in [-0.15, -0.1) is 0 Å². The first-order chi connectivity index (χ1) is 7.59. The summed E-state index contributed by atoms with van der Waals surface area (Å²) in [5.74, 6) is -0.396. The number of benzene rings is 1. The quantitative estimate of drug-likeness (QED) is 0.778. The minimum atomic E-state index is -0.396. The van der Waals surface area contributed by atoms with Gasteiger partial charge in [-0.3, -0.25) is 0 Å². The lowest BCUT2D eigenvalue weighted by molar-refractivity contribution is 0.121. The Kier molecular flexibility index (Phi) is 5.74. The summed E-state index contributed by atoms with van der Waals surface area (Å²) < 4.78 is 18.3. The molecule has 0 unspecified atom stereocenters. The first-order valence-electron chi connectivity index (χ1n) is 5.34. The van der Waals surface area contributed by atoms with E-state index in [4.69, 9.17) is 16.3 Å². The standard InChI is InChI=1S/C12H17ClFNO/c1-9(2)15-5-6-16-8-10-3-4-12(14)11(13)7-10/h3-4,7,9,15H,5-6,8H2,1-2H3. The van der Waals surface area contributed by atoms with Crippen molar-refractivity contribution in [3.8, 4) is 0 Å². The van der Waals surface area contributed by atoms with Crippen molar-refractivity contribution in [2.75, 3.05) is 13.2 Å². The predicted octanol–water partition coefficient (Wildman–Crippen LogP) is 2.99. The molecule has 0 heterocycles. The Bertz CT molecular complexity index is 331. The van der Waals surface area contributed by atoms with E-state index in [0.717, 1.165) is 12.1 Å². The van der Waals surface area contributed by atoms with Crippen molar-refractivity contribution in [1.82, 2.24) is 5.32 Å². The molecular formula is C12H17ClFNO. The molecule has 0 aliphatic heterocycles. The number of rotatable bonds is 6. The molecule has 0 radical (unpaired) electrons. The fourth-order valence-electron chi connectivity index (χ4n) is 1.24. The Morgan fingerprint density at radius 3 is 2.81 bits per heavy atom. The van der Waals surface area contributed by atoms with Gasteiger partial charge in [-0.25, -0.2) is 4.39 Å². The van der Waals surface area contributed by atoms with E-state index in [1.807, 2.05) is 0 Å². The van der Waals surface area contributed by atoms with E-state index in [9.17, 15) is 4.39 Å². The topological polar surface area (TPSA) is 21.3 Å². The molecule has 0 bridgehead atoms. The van der Waals surface area contributed by atoms with E-state index in [1.54, 1.807) is 12.1 Å². The number of ether oxygens (including phenoxy) is 1. The number of halogens is 2. The highest BCUT2D eigenvalue weighted by molar-refractivity contribution is 6.30. The molecule has 4 heteroatoms. The summed E-state index contributed by atoms with van der Waals surface area (Å²) >= 11 is 5.65. The van der Waals surface area contributed by atoms with Gasteiger partial charge in [0, 0.05) is 12.6 Å². The third-order valence-electron chi connectivity index (χ3n) is 2.05. The normalized spacial score (nSPS) is 11.1. The molecule has 0 aromatic heterocycles. The zero-order chi connectivity index (χ0) is 12.0. The second kappa shape index (κ2) is 6.84. The zero-order valence-corrected chi connectivity index (χ0v) is 10.4. The fourth-order valence-corrected chi connectivity index (χ4v) is 1.44. The summed E-state index contributed by atoms with van der Waals surface area (Å²) in [6, 6.07) is 5.08. The van der Waals surface area contributed by atoms with Gasteiger partial charge in [0.1, 0.15) is 5.82 Å². The van der Waals surface area contributed by atoms with Crippen LogP contribution in [0.25, 0.3) is 0 Å². The fraction of sp³-hybridized carbons (Fsp3) is 0.500. The van der Waals surface area contributed by atoms with Gasteiger partial charge < -0.3 is 10.1 Å². The molecule has 0 aliphatic carbocycles. The van der Waals surface area contributed by atoms with Crippen LogP contribution in [0.4, 0.5) is 4.39 Å². The summed E-state index contributed by atoms with van der Waals surface area (Å²) in [7, 11) is 0. The van der Waals surface area contributed by atoms with Gasteiger partial charge in [0.2, 0.25) is 0 Å². The predicted molar refractivity (Wildman–Crippen MR) is 64.2 cm³/mol. The van der Waals surface area contributed by atoms with E-state index in [-0.39, 0.29) is 5.02 Å². The molecule has 0 saturated carbocycles. The minimum Gasteiger partial charge on any atom is -0.375 e. The Labute approximate surface area is 101 Å². The Balaban J connectivity index is 2.24. The SMILES string of the molecule is CC(C)NCCOCc1ccc(F)c(Cl)c1. The van der Waals surface area contributed by atoms with E-state index < -0.39 is 5.82 Å². The molecule has 0 spiro atoms. The number of hydrogen-bond donors (Lipinski definition) is 1. The third-order valence-corrected chi connectivity index (χ3v) is 2.34. The van der Waals surface area contributed by atoms with Gasteiger partial charge in [-0.1, -0.05) is 31.5 Å². The lowest BCUT2D eigenvalue weighted by atomic mass is 10.2. The van der Waals surface area contributed by atoms with Crippen LogP contribution in [0.15, 0.2) is 18.2 Å². The average molecular weight is 246 g/mol. The Morgan fingerprint density at radius 1 is 1.44 bits per heavy atom. The second-order valence-electron chi connectivity index (χ2n) is 3.91. The van der Waals surface area contributed by atoms with Gasteiger partial charge in [-0.05, 0) is 17.7 Å². The lowest BCUT2D eigenvalue weighted by Gasteiger charge is -2.08. The first kappa shape index (κ1) is 13.4. The van der Waals surface area contributed by atoms with E-state index in [2.05, 4.69) is 19.2 Å². The molecule has 0 fully saturated rings. The van der Waals surface area contributed by atoms with Crippen LogP contribution in [0.2, 0.25) is 5.02 Å². The van der Waals surface area contributed by atoms with Crippen LogP contribution in [0.5, 0.6) is 0 Å². The molecule has 1 aromatic carbocycles. The maximum absolute atomic E-state index is 12.8. The third kappa shape index (κ3) is 4.92. The number of hydrogen-bond acceptors (Lipinski definition) is 2. The molecule has 1 N–H and O–H groups in total. The molecule has 0 atom stereocenters. The summed E-state index contributed by atoms with van der Waals surface area (Å²) in [5, 5.41) is 3.38. The monoisotopic (exact) mass is 245 g/mol. The molecule has 2 nitrogen and oxygen atoms in total. The van der Waals surface area contributed by atoms with Crippen LogP contribution >= 0.6 is 11.6 Å². The Morgan fingerprint density at radius 2 is 2.19 bits per heavy atom. The molecule has 90 valence electrons. The highest BCUT2D eigenvalue weighted by Crippen LogP contribution is 2.16. The molecular weight excluding hydrogens is 229 g/mol. The van der Waals surface area contributed by atoms with Gasteiger partial charge in [0.15, 0.2) is 0 Å². The molecule has 0 aliphatic rings. The van der Waals surface area contributed by atoms with Crippen molar-refractivity contribution in [3.05, 3.63) is 34.6 Å². The van der Waals surface area contributed by atoms with Gasteiger partial charge in [0.05, 0.1) is 18.2 Å². The zero-order valence-electron chi connectivity index (χ0n) is 9.59. The van der Waals surface area contributed by atoms with Crippen LogP contribution in [0.3, 0.4) is 0 Å². The van der Waals surface area contributed by atoms with Crippen molar-refractivity contribution in [1.29, 1.82) is 0 Å². The van der Waals surface area contributed by atoms with E-state index in [0.29, 0.717) is 19.3 Å². The maximum atomic E-state index is 12.8. The summed E-state index contributed by atoms with van der Waals surface area (Å²) in [6.07, 6.45) is 0. The molecule has 1 aromatic rings. The highest BCUT2D eigenvalue weighted by Gasteiger charge is 2.00. The maximum Gasteiger partial charge on any atom is 0.141 e. The summed E-state index contributed by atoms with van der Waals surface area (Å²) in [6.45, 7) is 6.07. The number of nitrogens with one attached hydrogen (secondary N) is 1. The largest absolute Gasteiger partial charge is 0.375 e. The van der Waals surface area contributed by atoms with Crippen LogP contribution < -0.4 is 5.32 Å². The summed E-state index contributed by atoms with van der Waals surface area (Å²) in [5.41, 5.74) is 0.885. The molecule has 1 rings (SSSR count). The summed E-state index contributed by atoms with van der Waals surface area (Å²) in [4.78, 5) is 0. The van der Waals surface area contributed by atoms with Crippen molar-refractivity contribution < 1.29 is 9.13 Å². The van der Waals surface area contributed by atoms with Crippen molar-refractivity contribution >= 4 is 11.6 Å². The van der Waals surface area contributed by atoms with Crippen molar-refractivity contribution in [2.24, 2.45) is 0 Å². The van der Waals surface area contributed by atoms with Crippen LogP contribution in [-0.2, 0) is 11.3 Å². The molecule has 16 heavy (non-hydrogen) atoms. The van der Waals surface area contributed by atoms with Crippen molar-refractivity contribution in [2.45, 2.75) is 26.5 Å². The van der Waals surface area contributed by atoms with Crippen LogP contribution in [0, 0.1) is 5.82 Å². The van der Waals surface area contributed by atoms with Crippen LogP contribution in [0.1, 0.15) is 19.4 Å². The van der Waals surface area contributed by atoms with E-state index in [1.165, 1.54) is 6.07 Å². The second-order valence-corrected chi connectivity index (χ2v) is 4.32. The Hall–Kier alpha value is -0.640. The lowest BCUT2D eigenvalue weighted by Crippen LogP contribution is -2.26. The van der Waals surface area contributed by atoms with Crippen LogP contribution in [-0.4, -0.2) is 19.2 Å². The van der Waals surface area contributed by atoms with Gasteiger partial charge >= 0.3 is 0 Å². The molecule has 0 amide bonds. The van der Waals surface area contributed by atoms with Gasteiger partial charge in [0.25, 0.3) is 0 Å². The smallest absolute Gasteiger partial charge is 0.141 e. The minimum absolute atomic E-state index is 0.140. The molecule has 0 saturated heterocycles. The highest BCUT2D eigenvalue weighted by atomic mass is 35.5.